The number of hydrogen-bond acceptors (Lipinski definition) is 6. The van der Waals surface area contributed by atoms with E-state index in [1.807, 2.05) is 23.6 Å². The van der Waals surface area contributed by atoms with E-state index in [0.29, 0.717) is 30.3 Å². The van der Waals surface area contributed by atoms with Crippen LogP contribution in [0.5, 0.6) is 0 Å². The Morgan fingerprint density at radius 3 is 2.68 bits per heavy atom. The zero-order valence-corrected chi connectivity index (χ0v) is 16.4. The van der Waals surface area contributed by atoms with Gasteiger partial charge in [-0.15, -0.1) is 0 Å². The zero-order chi connectivity index (χ0) is 19.1. The van der Waals surface area contributed by atoms with E-state index in [2.05, 4.69) is 40.2 Å². The van der Waals surface area contributed by atoms with Gasteiger partial charge in [0.1, 0.15) is 10.5 Å². The van der Waals surface area contributed by atoms with Crippen molar-refractivity contribution in [3.05, 3.63) is 64.2 Å². The van der Waals surface area contributed by atoms with Gasteiger partial charge in [-0.2, -0.15) is 4.98 Å². The molecule has 0 bridgehead atoms. The molecule has 1 saturated heterocycles. The molecule has 0 spiro atoms. The summed E-state index contributed by atoms with van der Waals surface area (Å²) >= 11 is 1.43. The molecule has 0 amide bonds. The number of ether oxygens (including phenoxy) is 1. The topological polar surface area (TPSA) is 60.3 Å². The van der Waals surface area contributed by atoms with Gasteiger partial charge in [0.15, 0.2) is 10.8 Å². The number of aryl methyl sites for hydroxylation is 1. The Labute approximate surface area is 166 Å². The average Bonchev–Trinajstić information content (AvgIpc) is 3.18. The van der Waals surface area contributed by atoms with Crippen LogP contribution in [0.4, 0.5) is 5.13 Å². The van der Waals surface area contributed by atoms with E-state index in [0.717, 1.165) is 29.4 Å². The molecule has 5 rings (SSSR count). The molecule has 7 heteroatoms. The first-order chi connectivity index (χ1) is 13.7. The van der Waals surface area contributed by atoms with Crippen molar-refractivity contribution in [1.29, 1.82) is 0 Å². The molecule has 1 fully saturated rings. The minimum Gasteiger partial charge on any atom is -0.378 e. The van der Waals surface area contributed by atoms with Crippen molar-refractivity contribution in [2.24, 2.45) is 0 Å². The van der Waals surface area contributed by atoms with Gasteiger partial charge in [0.05, 0.1) is 19.8 Å². The summed E-state index contributed by atoms with van der Waals surface area (Å²) in [5, 5.41) is 3.29. The van der Waals surface area contributed by atoms with Crippen LogP contribution in [-0.2, 0) is 11.3 Å². The highest BCUT2D eigenvalue weighted by molar-refractivity contribution is 7.22. The normalized spacial score (nSPS) is 14.8. The molecule has 0 aliphatic carbocycles. The molecule has 0 atom stereocenters. The van der Waals surface area contributed by atoms with Gasteiger partial charge in [-0.1, -0.05) is 47.7 Å². The molecule has 0 N–H and O–H groups in total. The zero-order valence-electron chi connectivity index (χ0n) is 15.6. The Kier molecular flexibility index (Phi) is 4.33. The molecular formula is C21H20N4O2S. The van der Waals surface area contributed by atoms with Crippen molar-refractivity contribution in [2.45, 2.75) is 13.5 Å². The highest BCUT2D eigenvalue weighted by Crippen LogP contribution is 2.28. The summed E-state index contributed by atoms with van der Waals surface area (Å²) in [7, 11) is 0. The standard InChI is InChI=1S/C21H20N4O2S/c1-14-22-20(26)18-19(23-21(28-18)24-8-10-27-11-9-24)25(14)13-15-6-7-16-4-2-3-5-17(16)12-15/h2-7,12H,8-11,13H2,1H3. The first-order valence-corrected chi connectivity index (χ1v) is 10.2. The van der Waals surface area contributed by atoms with Crippen LogP contribution in [0.25, 0.3) is 21.1 Å². The number of benzene rings is 2. The van der Waals surface area contributed by atoms with Crippen LogP contribution in [-0.4, -0.2) is 40.8 Å². The summed E-state index contributed by atoms with van der Waals surface area (Å²) in [6, 6.07) is 14.8. The Hall–Kier alpha value is -2.77. The quantitative estimate of drug-likeness (QED) is 0.536. The Morgan fingerprint density at radius 2 is 1.86 bits per heavy atom. The lowest BCUT2D eigenvalue weighted by Gasteiger charge is -2.25. The predicted octanol–water partition coefficient (Wildman–Crippen LogP) is 3.20. The van der Waals surface area contributed by atoms with Gasteiger partial charge in [0.2, 0.25) is 0 Å². The SMILES string of the molecule is Cc1nc(=O)c2sc(N3CCOCC3)nc2n1Cc1ccc2ccccc2c1. The number of hydrogen-bond donors (Lipinski definition) is 0. The van der Waals surface area contributed by atoms with Crippen molar-refractivity contribution >= 4 is 37.6 Å². The van der Waals surface area contributed by atoms with Crippen LogP contribution in [0.2, 0.25) is 0 Å². The van der Waals surface area contributed by atoms with Gasteiger partial charge in [-0.3, -0.25) is 4.79 Å². The molecule has 142 valence electrons. The smallest absolute Gasteiger partial charge is 0.292 e. The van der Waals surface area contributed by atoms with Crippen LogP contribution < -0.4 is 10.5 Å². The molecule has 28 heavy (non-hydrogen) atoms. The van der Waals surface area contributed by atoms with Crippen LogP contribution in [0.3, 0.4) is 0 Å². The van der Waals surface area contributed by atoms with Crippen LogP contribution >= 0.6 is 11.3 Å². The van der Waals surface area contributed by atoms with Crippen LogP contribution in [0.15, 0.2) is 47.3 Å². The number of rotatable bonds is 3. The Bertz CT molecular complexity index is 1220. The molecule has 1 aliphatic heterocycles. The second-order valence-electron chi connectivity index (χ2n) is 6.98. The molecule has 4 aromatic rings. The summed E-state index contributed by atoms with van der Waals surface area (Å²) in [6.07, 6.45) is 0. The van der Waals surface area contributed by atoms with Gasteiger partial charge in [0.25, 0.3) is 5.56 Å². The second-order valence-corrected chi connectivity index (χ2v) is 7.96. The maximum Gasteiger partial charge on any atom is 0.292 e. The molecule has 0 radical (unpaired) electrons. The van der Waals surface area contributed by atoms with E-state index in [-0.39, 0.29) is 5.56 Å². The monoisotopic (exact) mass is 392 g/mol. The number of fused-ring (bicyclic) bond motifs is 2. The van der Waals surface area contributed by atoms with Crippen molar-refractivity contribution in [3.8, 4) is 0 Å². The fraction of sp³-hybridized carbons (Fsp3) is 0.286. The minimum atomic E-state index is -0.195. The molecule has 0 unspecified atom stereocenters. The van der Waals surface area contributed by atoms with E-state index in [1.165, 1.54) is 22.1 Å². The van der Waals surface area contributed by atoms with Crippen LogP contribution in [0, 0.1) is 6.92 Å². The summed E-state index contributed by atoms with van der Waals surface area (Å²) < 4.78 is 8.09. The molecule has 6 nitrogen and oxygen atoms in total. The second kappa shape index (κ2) is 7.00. The number of nitrogens with zero attached hydrogens (tertiary/aromatic N) is 4. The van der Waals surface area contributed by atoms with E-state index < -0.39 is 0 Å². The number of anilines is 1. The third-order valence-corrected chi connectivity index (χ3v) is 6.23. The molecule has 2 aromatic heterocycles. The fourth-order valence-electron chi connectivity index (χ4n) is 3.63. The fourth-order valence-corrected chi connectivity index (χ4v) is 4.64. The molecule has 2 aromatic carbocycles. The summed E-state index contributed by atoms with van der Waals surface area (Å²) in [6.45, 7) is 5.47. The highest BCUT2D eigenvalue weighted by atomic mass is 32.1. The lowest BCUT2D eigenvalue weighted by Crippen LogP contribution is -2.36. The summed E-state index contributed by atoms with van der Waals surface area (Å²) in [5.41, 5.74) is 1.69. The third kappa shape index (κ3) is 3.06. The van der Waals surface area contributed by atoms with E-state index >= 15 is 0 Å². The number of thiazole rings is 1. The molecule has 0 saturated carbocycles. The summed E-state index contributed by atoms with van der Waals surface area (Å²) in [4.78, 5) is 23.7. The highest BCUT2D eigenvalue weighted by Gasteiger charge is 2.19. The number of aromatic nitrogens is 3. The van der Waals surface area contributed by atoms with Crippen molar-refractivity contribution in [3.63, 3.8) is 0 Å². The van der Waals surface area contributed by atoms with Crippen molar-refractivity contribution in [2.75, 3.05) is 31.2 Å². The number of morpholine rings is 1. The Balaban J connectivity index is 1.59. The van der Waals surface area contributed by atoms with Crippen molar-refractivity contribution < 1.29 is 4.74 Å². The molecular weight excluding hydrogens is 372 g/mol. The largest absolute Gasteiger partial charge is 0.378 e. The predicted molar refractivity (Wildman–Crippen MR) is 112 cm³/mol. The van der Waals surface area contributed by atoms with Gasteiger partial charge in [-0.05, 0) is 29.3 Å². The minimum absolute atomic E-state index is 0.195. The third-order valence-electron chi connectivity index (χ3n) is 5.14. The van der Waals surface area contributed by atoms with E-state index in [4.69, 9.17) is 9.72 Å². The van der Waals surface area contributed by atoms with Crippen molar-refractivity contribution in [1.82, 2.24) is 14.5 Å². The van der Waals surface area contributed by atoms with E-state index in [1.54, 1.807) is 0 Å². The van der Waals surface area contributed by atoms with Gasteiger partial charge in [0, 0.05) is 13.1 Å². The van der Waals surface area contributed by atoms with Gasteiger partial charge >= 0.3 is 0 Å². The Morgan fingerprint density at radius 1 is 1.07 bits per heavy atom. The van der Waals surface area contributed by atoms with Gasteiger partial charge in [-0.25, -0.2) is 4.98 Å². The molecule has 3 heterocycles. The maximum absolute atomic E-state index is 12.5. The van der Waals surface area contributed by atoms with Crippen LogP contribution in [0.1, 0.15) is 11.4 Å². The lowest BCUT2D eigenvalue weighted by atomic mass is 10.1. The van der Waals surface area contributed by atoms with Gasteiger partial charge < -0.3 is 14.2 Å². The maximum atomic E-state index is 12.5. The average molecular weight is 392 g/mol. The van der Waals surface area contributed by atoms with E-state index in [9.17, 15) is 4.79 Å². The molecule has 1 aliphatic rings. The first-order valence-electron chi connectivity index (χ1n) is 9.37. The summed E-state index contributed by atoms with van der Waals surface area (Å²) in [5.74, 6) is 0.685. The first kappa shape index (κ1) is 17.3. The lowest BCUT2D eigenvalue weighted by molar-refractivity contribution is 0.122.